The molecule has 176 valence electrons. The van der Waals surface area contributed by atoms with E-state index >= 15 is 0 Å². The number of amides is 2. The minimum atomic E-state index is -1.00. The van der Waals surface area contributed by atoms with Crippen molar-refractivity contribution in [3.05, 3.63) is 40.3 Å². The van der Waals surface area contributed by atoms with Crippen molar-refractivity contribution in [1.29, 1.82) is 0 Å². The number of nitrogens with zero attached hydrogens (tertiary/aromatic N) is 6. The van der Waals surface area contributed by atoms with Crippen LogP contribution in [0.3, 0.4) is 0 Å². The molecular weight excluding hydrogens is 494 g/mol. The largest absolute Gasteiger partial charge is 0.418 e. The van der Waals surface area contributed by atoms with E-state index in [-0.39, 0.29) is 35.4 Å². The van der Waals surface area contributed by atoms with Crippen LogP contribution in [-0.4, -0.2) is 67.2 Å². The quantitative estimate of drug-likeness (QED) is 0.397. The molecule has 1 saturated heterocycles. The number of fused-ring (bicyclic) bond motifs is 5. The summed E-state index contributed by atoms with van der Waals surface area (Å²) in [7, 11) is 0. The van der Waals surface area contributed by atoms with E-state index in [1.807, 2.05) is 6.07 Å². The molecular formula is C22H16ClN7O4S. The summed E-state index contributed by atoms with van der Waals surface area (Å²) in [5.74, 6) is -0.325. The van der Waals surface area contributed by atoms with E-state index in [1.165, 1.54) is 28.6 Å². The predicted octanol–water partition coefficient (Wildman–Crippen LogP) is 2.81. The topological polar surface area (TPSA) is 143 Å². The number of nitrogens with one attached hydrogen (secondary N) is 1. The van der Waals surface area contributed by atoms with Crippen molar-refractivity contribution < 1.29 is 19.4 Å². The number of halogens is 1. The fourth-order valence-corrected chi connectivity index (χ4v) is 5.30. The third-order valence-electron chi connectivity index (χ3n) is 5.74. The molecule has 13 heteroatoms. The standard InChI is InChI=1S/C22H16ClN7O4S/c23-22-27-7-10(9-30-6-3-12(31)21(30)33)20(29-22)34-14-8-26-16-11(28-14)1-2-13-15(16)17-18(35-13)19(32)25-5-4-24-17/h1-2,5,7-8,12,24,31H,3-4,6,9H2. The molecule has 1 aromatic carbocycles. The maximum atomic E-state index is 12.3. The van der Waals surface area contributed by atoms with Crippen molar-refractivity contribution in [2.24, 2.45) is 4.99 Å². The molecule has 1 fully saturated rings. The molecule has 2 aliphatic heterocycles. The fraction of sp³-hybridized carbons (Fsp3) is 0.227. The van der Waals surface area contributed by atoms with Gasteiger partial charge in [-0.25, -0.2) is 19.9 Å². The van der Waals surface area contributed by atoms with E-state index < -0.39 is 6.10 Å². The Balaban J connectivity index is 1.36. The first-order valence-corrected chi connectivity index (χ1v) is 11.9. The Morgan fingerprint density at radius 3 is 2.94 bits per heavy atom. The van der Waals surface area contributed by atoms with Gasteiger partial charge in [-0.2, -0.15) is 4.98 Å². The SMILES string of the molecule is O=C1N=CCNc2c1sc1ccc3nc(Oc4nc(Cl)ncc4CN4CCC(O)C4=O)cnc3c21. The molecule has 0 saturated carbocycles. The smallest absolute Gasteiger partial charge is 0.288 e. The molecule has 5 heterocycles. The highest BCUT2D eigenvalue weighted by molar-refractivity contribution is 7.21. The first-order chi connectivity index (χ1) is 17.0. The van der Waals surface area contributed by atoms with E-state index in [0.717, 1.165) is 10.1 Å². The average molecular weight is 510 g/mol. The van der Waals surface area contributed by atoms with Gasteiger partial charge in [0.25, 0.3) is 11.8 Å². The van der Waals surface area contributed by atoms with E-state index in [4.69, 9.17) is 16.3 Å². The normalized spacial score (nSPS) is 17.7. The first kappa shape index (κ1) is 21.8. The zero-order valence-electron chi connectivity index (χ0n) is 17.9. The van der Waals surface area contributed by atoms with Gasteiger partial charge in [-0.15, -0.1) is 11.3 Å². The van der Waals surface area contributed by atoms with Gasteiger partial charge in [-0.3, -0.25) is 9.59 Å². The molecule has 0 radical (unpaired) electrons. The number of carbonyl (C=O) groups is 2. The van der Waals surface area contributed by atoms with Crippen molar-refractivity contribution in [3.8, 4) is 11.8 Å². The molecule has 0 spiro atoms. The van der Waals surface area contributed by atoms with E-state index in [2.05, 4.69) is 30.2 Å². The molecule has 4 aromatic rings. The van der Waals surface area contributed by atoms with Crippen LogP contribution >= 0.6 is 22.9 Å². The second kappa shape index (κ2) is 8.48. The van der Waals surface area contributed by atoms with Crippen LogP contribution in [0.2, 0.25) is 5.28 Å². The number of aliphatic imine (C=N–C) groups is 1. The Kier molecular flexibility index (Phi) is 5.28. The number of thiophene rings is 1. The molecule has 0 aliphatic carbocycles. The number of aliphatic hydroxyl groups excluding tert-OH is 1. The number of aromatic nitrogens is 4. The molecule has 2 aliphatic rings. The Morgan fingerprint density at radius 1 is 1.23 bits per heavy atom. The lowest BCUT2D eigenvalue weighted by atomic mass is 10.1. The number of likely N-dealkylation sites (tertiary alicyclic amines) is 1. The minimum Gasteiger partial charge on any atom is -0.418 e. The second-order valence-corrected chi connectivity index (χ2v) is 9.34. The fourth-order valence-electron chi connectivity index (χ4n) is 4.11. The number of hydrogen-bond acceptors (Lipinski definition) is 10. The summed E-state index contributed by atoms with van der Waals surface area (Å²) in [6.45, 7) is 1.01. The number of hydrogen-bond donors (Lipinski definition) is 2. The van der Waals surface area contributed by atoms with Crippen LogP contribution in [0.5, 0.6) is 11.8 Å². The lowest BCUT2D eigenvalue weighted by molar-refractivity contribution is -0.134. The molecule has 3 aromatic heterocycles. The van der Waals surface area contributed by atoms with Crippen LogP contribution < -0.4 is 10.1 Å². The van der Waals surface area contributed by atoms with Crippen molar-refractivity contribution in [2.75, 3.05) is 18.4 Å². The van der Waals surface area contributed by atoms with Gasteiger partial charge < -0.3 is 20.1 Å². The number of anilines is 1. The van der Waals surface area contributed by atoms with Gasteiger partial charge in [-0.05, 0) is 30.2 Å². The number of aliphatic hydroxyl groups is 1. The van der Waals surface area contributed by atoms with Gasteiger partial charge in [0.2, 0.25) is 17.0 Å². The molecule has 0 bridgehead atoms. The lowest BCUT2D eigenvalue weighted by Crippen LogP contribution is -2.29. The van der Waals surface area contributed by atoms with Gasteiger partial charge in [0.05, 0.1) is 41.6 Å². The van der Waals surface area contributed by atoms with E-state index in [9.17, 15) is 14.7 Å². The monoisotopic (exact) mass is 509 g/mol. The minimum absolute atomic E-state index is 0.0223. The molecule has 1 unspecified atom stereocenters. The Morgan fingerprint density at radius 2 is 2.11 bits per heavy atom. The number of carbonyl (C=O) groups excluding carboxylic acids is 2. The lowest BCUT2D eigenvalue weighted by Gasteiger charge is -2.17. The van der Waals surface area contributed by atoms with Crippen molar-refractivity contribution >= 4 is 67.8 Å². The molecule has 2 N–H and O–H groups in total. The van der Waals surface area contributed by atoms with Gasteiger partial charge in [-0.1, -0.05) is 0 Å². The van der Waals surface area contributed by atoms with Crippen molar-refractivity contribution in [3.63, 3.8) is 0 Å². The predicted molar refractivity (Wildman–Crippen MR) is 129 cm³/mol. The van der Waals surface area contributed by atoms with Crippen molar-refractivity contribution in [2.45, 2.75) is 19.1 Å². The highest BCUT2D eigenvalue weighted by Gasteiger charge is 2.30. The Hall–Kier alpha value is -3.74. The molecule has 35 heavy (non-hydrogen) atoms. The third-order valence-corrected chi connectivity index (χ3v) is 7.07. The average Bonchev–Trinajstić information content (AvgIpc) is 3.32. The molecule has 1 atom stereocenters. The van der Waals surface area contributed by atoms with Gasteiger partial charge in [0, 0.05) is 29.0 Å². The first-order valence-electron chi connectivity index (χ1n) is 10.7. The molecule has 2 amide bonds. The van der Waals surface area contributed by atoms with Crippen LogP contribution in [0.25, 0.3) is 21.1 Å². The van der Waals surface area contributed by atoms with Crippen LogP contribution in [0.15, 0.2) is 29.5 Å². The van der Waals surface area contributed by atoms with Gasteiger partial charge in [0.1, 0.15) is 11.0 Å². The van der Waals surface area contributed by atoms with Crippen LogP contribution in [-0.2, 0) is 11.3 Å². The van der Waals surface area contributed by atoms with E-state index in [0.29, 0.717) is 46.7 Å². The summed E-state index contributed by atoms with van der Waals surface area (Å²) in [4.78, 5) is 47.7. The third kappa shape index (κ3) is 3.85. The summed E-state index contributed by atoms with van der Waals surface area (Å²) in [6, 6.07) is 3.69. The summed E-state index contributed by atoms with van der Waals surface area (Å²) in [5.41, 5.74) is 2.39. The maximum Gasteiger partial charge on any atom is 0.288 e. The summed E-state index contributed by atoms with van der Waals surface area (Å²) >= 11 is 7.34. The number of benzene rings is 1. The summed E-state index contributed by atoms with van der Waals surface area (Å²) in [5, 5.41) is 13.8. The second-order valence-electron chi connectivity index (χ2n) is 7.95. The highest BCUT2D eigenvalue weighted by atomic mass is 35.5. The Labute approximate surface area is 206 Å². The van der Waals surface area contributed by atoms with Gasteiger partial charge >= 0.3 is 0 Å². The zero-order valence-corrected chi connectivity index (χ0v) is 19.5. The maximum absolute atomic E-state index is 12.3. The van der Waals surface area contributed by atoms with Crippen LogP contribution in [0.1, 0.15) is 21.7 Å². The van der Waals surface area contributed by atoms with Crippen LogP contribution in [0.4, 0.5) is 5.69 Å². The Bertz CT molecular complexity index is 1560. The number of rotatable bonds is 4. The summed E-state index contributed by atoms with van der Waals surface area (Å²) in [6.07, 6.45) is 3.86. The number of ether oxygens (including phenoxy) is 1. The van der Waals surface area contributed by atoms with Crippen molar-refractivity contribution in [1.82, 2.24) is 24.8 Å². The van der Waals surface area contributed by atoms with E-state index in [1.54, 1.807) is 12.3 Å². The molecule has 6 rings (SSSR count). The highest BCUT2D eigenvalue weighted by Crippen LogP contribution is 2.40. The summed E-state index contributed by atoms with van der Waals surface area (Å²) < 4.78 is 6.81. The van der Waals surface area contributed by atoms with Crippen LogP contribution in [0, 0.1) is 0 Å². The zero-order chi connectivity index (χ0) is 24.1. The molecule has 11 nitrogen and oxygen atoms in total. The van der Waals surface area contributed by atoms with Gasteiger partial charge in [0.15, 0.2) is 0 Å².